The van der Waals surface area contributed by atoms with E-state index in [-0.39, 0.29) is 0 Å². The van der Waals surface area contributed by atoms with Crippen LogP contribution in [0.3, 0.4) is 0 Å². The van der Waals surface area contributed by atoms with E-state index in [2.05, 4.69) is 40.3 Å². The molecule has 0 aromatic carbocycles. The van der Waals surface area contributed by atoms with Crippen molar-refractivity contribution in [2.24, 2.45) is 7.05 Å². The number of rotatable bonds is 5. The summed E-state index contributed by atoms with van der Waals surface area (Å²) < 4.78 is 7.59. The molecule has 3 rings (SSSR count). The Morgan fingerprint density at radius 3 is 2.86 bits per heavy atom. The maximum atomic E-state index is 5.73. The second-order valence-corrected chi connectivity index (χ2v) is 6.66. The first kappa shape index (κ1) is 14.3. The Hall–Kier alpha value is -1.67. The lowest BCUT2D eigenvalue weighted by molar-refractivity contribution is 0.529. The number of thioether (sulfide) groups is 1. The van der Waals surface area contributed by atoms with Crippen LogP contribution in [0.25, 0.3) is 10.8 Å². The van der Waals surface area contributed by atoms with Crippen LogP contribution in [-0.4, -0.2) is 25.0 Å². The van der Waals surface area contributed by atoms with Crippen molar-refractivity contribution in [3.63, 3.8) is 0 Å². The van der Waals surface area contributed by atoms with Crippen molar-refractivity contribution in [3.8, 4) is 10.8 Å². The highest BCUT2D eigenvalue weighted by atomic mass is 32.2. The Labute approximate surface area is 130 Å². The van der Waals surface area contributed by atoms with E-state index in [9.17, 15) is 0 Å². The Morgan fingerprint density at radius 1 is 1.33 bits per heavy atom. The number of hydrogen-bond donors (Lipinski definition) is 0. The molecular weight excluding hydrogens is 306 g/mol. The highest BCUT2D eigenvalue weighted by molar-refractivity contribution is 7.98. The van der Waals surface area contributed by atoms with E-state index in [1.54, 1.807) is 17.7 Å². The third kappa shape index (κ3) is 3.01. The van der Waals surface area contributed by atoms with Gasteiger partial charge in [-0.2, -0.15) is 0 Å². The molecule has 21 heavy (non-hydrogen) atoms. The lowest BCUT2D eigenvalue weighted by atomic mass is 10.2. The smallest absolute Gasteiger partial charge is 0.257 e. The summed E-state index contributed by atoms with van der Waals surface area (Å²) in [4.78, 5) is 2.39. The molecule has 3 aromatic heterocycles. The summed E-state index contributed by atoms with van der Waals surface area (Å²) in [6.07, 6.45) is 2.70. The summed E-state index contributed by atoms with van der Waals surface area (Å²) in [5.74, 6) is 1.78. The first-order valence-electron chi connectivity index (χ1n) is 6.56. The fraction of sp³-hybridized carbons (Fsp3) is 0.385. The number of nitrogens with zero attached hydrogens (tertiary/aromatic N) is 5. The Bertz CT molecular complexity index is 745. The standard InChI is InChI=1S/C13H15N5OS2/c1-4-9-8(2)5-10(21-9)12-16-15-11(19-12)6-20-13-17-14-7-18(13)3/h5,7H,4,6H2,1-3H3. The van der Waals surface area contributed by atoms with E-state index in [1.807, 2.05) is 11.6 Å². The van der Waals surface area contributed by atoms with Gasteiger partial charge in [-0.1, -0.05) is 18.7 Å². The zero-order valence-corrected chi connectivity index (χ0v) is 13.7. The highest BCUT2D eigenvalue weighted by Gasteiger charge is 2.14. The quantitative estimate of drug-likeness (QED) is 0.673. The fourth-order valence-electron chi connectivity index (χ4n) is 1.92. The van der Waals surface area contributed by atoms with Crippen molar-refractivity contribution in [1.29, 1.82) is 0 Å². The van der Waals surface area contributed by atoms with Gasteiger partial charge in [-0.3, -0.25) is 0 Å². The molecule has 0 fully saturated rings. The zero-order valence-electron chi connectivity index (χ0n) is 12.0. The van der Waals surface area contributed by atoms with Crippen molar-refractivity contribution < 1.29 is 4.42 Å². The average Bonchev–Trinajstić information content (AvgIpc) is 3.16. The van der Waals surface area contributed by atoms with E-state index in [4.69, 9.17) is 4.42 Å². The lowest BCUT2D eigenvalue weighted by Crippen LogP contribution is -1.89. The highest BCUT2D eigenvalue weighted by Crippen LogP contribution is 2.31. The molecule has 3 aromatic rings. The van der Waals surface area contributed by atoms with Gasteiger partial charge in [0, 0.05) is 11.9 Å². The molecule has 0 aliphatic carbocycles. The van der Waals surface area contributed by atoms with Crippen molar-refractivity contribution in [2.45, 2.75) is 31.2 Å². The normalized spacial score (nSPS) is 11.2. The maximum Gasteiger partial charge on any atom is 0.257 e. The van der Waals surface area contributed by atoms with E-state index in [0.29, 0.717) is 17.5 Å². The molecule has 8 heteroatoms. The Morgan fingerprint density at radius 2 is 2.19 bits per heavy atom. The maximum absolute atomic E-state index is 5.73. The molecule has 0 N–H and O–H groups in total. The summed E-state index contributed by atoms with van der Waals surface area (Å²) in [6, 6.07) is 2.11. The van der Waals surface area contributed by atoms with Gasteiger partial charge in [0.05, 0.1) is 10.6 Å². The first-order valence-corrected chi connectivity index (χ1v) is 8.36. The van der Waals surface area contributed by atoms with Gasteiger partial charge in [0.1, 0.15) is 6.33 Å². The molecule has 0 saturated carbocycles. The molecule has 0 radical (unpaired) electrons. The second kappa shape index (κ2) is 5.98. The van der Waals surface area contributed by atoms with Gasteiger partial charge in [0.2, 0.25) is 5.89 Å². The minimum Gasteiger partial charge on any atom is -0.419 e. The Kier molecular flexibility index (Phi) is 4.07. The largest absolute Gasteiger partial charge is 0.419 e. The van der Waals surface area contributed by atoms with Gasteiger partial charge < -0.3 is 8.98 Å². The number of hydrogen-bond acceptors (Lipinski definition) is 7. The molecule has 0 aliphatic rings. The number of aromatic nitrogens is 5. The van der Waals surface area contributed by atoms with Crippen LogP contribution in [0.1, 0.15) is 23.3 Å². The van der Waals surface area contributed by atoms with E-state index in [0.717, 1.165) is 16.5 Å². The average molecular weight is 321 g/mol. The van der Waals surface area contributed by atoms with Crippen LogP contribution >= 0.6 is 23.1 Å². The fourth-order valence-corrected chi connectivity index (χ4v) is 3.68. The minimum atomic E-state index is 0.588. The van der Waals surface area contributed by atoms with Crippen LogP contribution < -0.4 is 0 Å². The molecule has 0 saturated heterocycles. The van der Waals surface area contributed by atoms with Crippen LogP contribution in [0, 0.1) is 6.92 Å². The molecule has 0 atom stereocenters. The second-order valence-electron chi connectivity index (χ2n) is 4.58. The van der Waals surface area contributed by atoms with Gasteiger partial charge in [-0.15, -0.1) is 31.7 Å². The van der Waals surface area contributed by atoms with Gasteiger partial charge in [0.15, 0.2) is 5.16 Å². The van der Waals surface area contributed by atoms with Gasteiger partial charge in [-0.25, -0.2) is 0 Å². The summed E-state index contributed by atoms with van der Waals surface area (Å²) in [7, 11) is 1.91. The predicted octanol–water partition coefficient (Wildman–Crippen LogP) is 3.09. The van der Waals surface area contributed by atoms with E-state index in [1.165, 1.54) is 22.2 Å². The molecule has 3 heterocycles. The van der Waals surface area contributed by atoms with Crippen molar-refractivity contribution in [3.05, 3.63) is 28.7 Å². The Balaban J connectivity index is 1.72. The molecule has 0 spiro atoms. The van der Waals surface area contributed by atoms with Gasteiger partial charge >= 0.3 is 0 Å². The summed E-state index contributed by atoms with van der Waals surface area (Å²) in [5, 5.41) is 16.9. The topological polar surface area (TPSA) is 69.6 Å². The van der Waals surface area contributed by atoms with Crippen LogP contribution in [-0.2, 0) is 19.2 Å². The van der Waals surface area contributed by atoms with E-state index < -0.39 is 0 Å². The van der Waals surface area contributed by atoms with Crippen molar-refractivity contribution in [2.75, 3.05) is 0 Å². The summed E-state index contributed by atoms with van der Waals surface area (Å²) in [6.45, 7) is 4.26. The number of aryl methyl sites for hydroxylation is 3. The van der Waals surface area contributed by atoms with Crippen LogP contribution in [0.5, 0.6) is 0 Å². The molecule has 0 unspecified atom stereocenters. The number of thiophene rings is 1. The molecule has 0 aliphatic heterocycles. The minimum absolute atomic E-state index is 0.588. The monoisotopic (exact) mass is 321 g/mol. The third-order valence-electron chi connectivity index (χ3n) is 3.01. The molecule has 0 amide bonds. The van der Waals surface area contributed by atoms with Gasteiger partial charge in [-0.05, 0) is 25.0 Å². The van der Waals surface area contributed by atoms with Crippen LogP contribution in [0.15, 0.2) is 22.0 Å². The van der Waals surface area contributed by atoms with Crippen molar-refractivity contribution in [1.82, 2.24) is 25.0 Å². The van der Waals surface area contributed by atoms with Crippen LogP contribution in [0.4, 0.5) is 0 Å². The summed E-state index contributed by atoms with van der Waals surface area (Å²) >= 11 is 3.24. The lowest BCUT2D eigenvalue weighted by Gasteiger charge is -1.95. The van der Waals surface area contributed by atoms with Crippen LogP contribution in [0.2, 0.25) is 0 Å². The molecule has 0 bridgehead atoms. The van der Waals surface area contributed by atoms with Crippen molar-refractivity contribution >= 4 is 23.1 Å². The third-order valence-corrected chi connectivity index (χ3v) is 5.40. The molecule has 110 valence electrons. The molecule has 6 nitrogen and oxygen atoms in total. The zero-order chi connectivity index (χ0) is 14.8. The first-order chi connectivity index (χ1) is 10.2. The summed E-state index contributed by atoms with van der Waals surface area (Å²) in [5.41, 5.74) is 1.28. The van der Waals surface area contributed by atoms with E-state index >= 15 is 0 Å². The van der Waals surface area contributed by atoms with Gasteiger partial charge in [0.25, 0.3) is 5.89 Å². The SMILES string of the molecule is CCc1sc(-c2nnc(CSc3nncn3C)o2)cc1C. The predicted molar refractivity (Wildman–Crippen MR) is 82.3 cm³/mol. The molecular formula is C13H15N5OS2.